The second-order valence-corrected chi connectivity index (χ2v) is 6.52. The number of para-hydroxylation sites is 1. The van der Waals surface area contributed by atoms with Crippen molar-refractivity contribution in [2.24, 2.45) is 0 Å². The van der Waals surface area contributed by atoms with Crippen LogP contribution in [0.2, 0.25) is 0 Å². The zero-order chi connectivity index (χ0) is 18.6. The first-order chi connectivity index (χ1) is 13.2. The van der Waals surface area contributed by atoms with E-state index >= 15 is 0 Å². The summed E-state index contributed by atoms with van der Waals surface area (Å²) in [6.07, 6.45) is 4.69. The second kappa shape index (κ2) is 7.46. The highest BCUT2D eigenvalue weighted by Crippen LogP contribution is 2.25. The minimum Gasteiger partial charge on any atom is -0.326 e. The van der Waals surface area contributed by atoms with E-state index in [1.165, 1.54) is 16.6 Å². The van der Waals surface area contributed by atoms with Crippen molar-refractivity contribution in [3.63, 3.8) is 0 Å². The van der Waals surface area contributed by atoms with Crippen LogP contribution in [0.3, 0.4) is 0 Å². The molecular weight excluding hydrogens is 334 g/mol. The Bertz CT molecular complexity index is 1070. The lowest BCUT2D eigenvalue weighted by Gasteiger charge is -2.11. The fraction of sp³-hybridized carbons (Fsp3) is 0.130. The van der Waals surface area contributed by atoms with Crippen LogP contribution in [0.15, 0.2) is 79.1 Å². The normalized spacial score (nSPS) is 10.9. The lowest BCUT2D eigenvalue weighted by Crippen LogP contribution is -2.14. The molecule has 134 valence electrons. The van der Waals surface area contributed by atoms with Gasteiger partial charge in [-0.2, -0.15) is 0 Å². The van der Waals surface area contributed by atoms with E-state index in [-0.39, 0.29) is 5.91 Å². The molecule has 2 aromatic heterocycles. The Morgan fingerprint density at radius 1 is 1.04 bits per heavy atom. The number of amides is 1. The molecule has 0 fully saturated rings. The van der Waals surface area contributed by atoms with Gasteiger partial charge in [0.1, 0.15) is 0 Å². The number of aromatic nitrogens is 2. The molecule has 0 bridgehead atoms. The fourth-order valence-corrected chi connectivity index (χ4v) is 3.36. The van der Waals surface area contributed by atoms with E-state index in [9.17, 15) is 4.79 Å². The number of nitrogens with one attached hydrogen (secondary N) is 1. The number of carbonyl (C=O) groups is 1. The van der Waals surface area contributed by atoms with Crippen molar-refractivity contribution >= 4 is 22.5 Å². The molecule has 4 nitrogen and oxygen atoms in total. The first-order valence-corrected chi connectivity index (χ1v) is 9.13. The zero-order valence-electron chi connectivity index (χ0n) is 15.2. The second-order valence-electron chi connectivity index (χ2n) is 6.52. The summed E-state index contributed by atoms with van der Waals surface area (Å²) in [5, 5.41) is 4.19. The first-order valence-electron chi connectivity index (χ1n) is 9.13. The molecule has 4 aromatic rings. The molecule has 0 unspecified atom stereocenters. The van der Waals surface area contributed by atoms with Gasteiger partial charge in [-0.25, -0.2) is 0 Å². The fourth-order valence-electron chi connectivity index (χ4n) is 3.36. The lowest BCUT2D eigenvalue weighted by molar-refractivity contribution is -0.115. The third-order valence-electron chi connectivity index (χ3n) is 4.65. The molecule has 0 aliphatic heterocycles. The standard InChI is InChI=1S/C23H21N3O/c1-2-20-15-18-7-3-4-8-22(18)26(20)21-11-9-19(10-12-21)25-23(27)14-17-6-5-13-24-16-17/h3-13,15-16H,2,14H2,1H3,(H,25,27). The van der Waals surface area contributed by atoms with Crippen molar-refractivity contribution in [1.29, 1.82) is 0 Å². The van der Waals surface area contributed by atoms with Crippen LogP contribution in [0.25, 0.3) is 16.6 Å². The Morgan fingerprint density at radius 3 is 2.59 bits per heavy atom. The smallest absolute Gasteiger partial charge is 0.228 e. The summed E-state index contributed by atoms with van der Waals surface area (Å²) in [5.41, 5.74) is 5.26. The number of fused-ring (bicyclic) bond motifs is 1. The number of hydrogen-bond acceptors (Lipinski definition) is 2. The summed E-state index contributed by atoms with van der Waals surface area (Å²) in [7, 11) is 0. The maximum absolute atomic E-state index is 12.2. The molecule has 0 aliphatic rings. The number of benzene rings is 2. The molecule has 0 saturated heterocycles. The van der Waals surface area contributed by atoms with Gasteiger partial charge in [0.15, 0.2) is 0 Å². The number of nitrogens with zero attached hydrogens (tertiary/aromatic N) is 2. The van der Waals surface area contributed by atoms with Gasteiger partial charge in [-0.1, -0.05) is 31.2 Å². The minimum atomic E-state index is -0.0450. The Balaban J connectivity index is 1.55. The molecule has 4 heteroatoms. The molecule has 0 aliphatic carbocycles. The predicted octanol–water partition coefficient (Wildman–Crippen LogP) is 4.77. The van der Waals surface area contributed by atoms with Gasteiger partial charge in [0.25, 0.3) is 0 Å². The van der Waals surface area contributed by atoms with E-state index in [0.29, 0.717) is 6.42 Å². The van der Waals surface area contributed by atoms with Gasteiger partial charge >= 0.3 is 0 Å². The van der Waals surface area contributed by atoms with Gasteiger partial charge in [-0.3, -0.25) is 9.78 Å². The number of pyridine rings is 1. The van der Waals surface area contributed by atoms with E-state index in [4.69, 9.17) is 0 Å². The van der Waals surface area contributed by atoms with Gasteiger partial charge < -0.3 is 9.88 Å². The first kappa shape index (κ1) is 17.0. The molecule has 0 atom stereocenters. The van der Waals surface area contributed by atoms with E-state index in [1.54, 1.807) is 12.4 Å². The highest BCUT2D eigenvalue weighted by Gasteiger charge is 2.09. The zero-order valence-corrected chi connectivity index (χ0v) is 15.2. The van der Waals surface area contributed by atoms with Gasteiger partial charge in [-0.15, -0.1) is 0 Å². The van der Waals surface area contributed by atoms with Gasteiger partial charge in [0, 0.05) is 34.8 Å². The molecule has 0 spiro atoms. The Morgan fingerprint density at radius 2 is 1.85 bits per heavy atom. The Labute approximate surface area is 158 Å². The van der Waals surface area contributed by atoms with Crippen molar-refractivity contribution in [1.82, 2.24) is 9.55 Å². The highest BCUT2D eigenvalue weighted by atomic mass is 16.1. The summed E-state index contributed by atoms with van der Waals surface area (Å²) in [5.74, 6) is -0.0450. The summed E-state index contributed by atoms with van der Waals surface area (Å²) >= 11 is 0. The number of anilines is 1. The Kier molecular flexibility index (Phi) is 4.71. The van der Waals surface area contributed by atoms with Crippen molar-refractivity contribution in [3.8, 4) is 5.69 Å². The molecule has 0 radical (unpaired) electrons. The van der Waals surface area contributed by atoms with Crippen LogP contribution >= 0.6 is 0 Å². The summed E-state index contributed by atoms with van der Waals surface area (Å²) in [6, 6.07) is 22.4. The molecular formula is C23H21N3O. The van der Waals surface area contributed by atoms with Crippen LogP contribution in [0, 0.1) is 0 Å². The van der Waals surface area contributed by atoms with Gasteiger partial charge in [0.2, 0.25) is 5.91 Å². The van der Waals surface area contributed by atoms with Crippen LogP contribution in [0.5, 0.6) is 0 Å². The SMILES string of the molecule is CCc1cc2ccccc2n1-c1ccc(NC(=O)Cc2cccnc2)cc1. The van der Waals surface area contributed by atoms with E-state index in [0.717, 1.165) is 23.4 Å². The summed E-state index contributed by atoms with van der Waals surface area (Å²) in [4.78, 5) is 16.3. The summed E-state index contributed by atoms with van der Waals surface area (Å²) in [6.45, 7) is 2.16. The van der Waals surface area contributed by atoms with Crippen LogP contribution in [-0.4, -0.2) is 15.5 Å². The summed E-state index contributed by atoms with van der Waals surface area (Å²) < 4.78 is 2.27. The average Bonchev–Trinajstić information content (AvgIpc) is 3.08. The van der Waals surface area contributed by atoms with Crippen LogP contribution in [0.4, 0.5) is 5.69 Å². The van der Waals surface area contributed by atoms with Crippen molar-refractivity contribution in [2.75, 3.05) is 5.32 Å². The van der Waals surface area contributed by atoms with Crippen LogP contribution in [0.1, 0.15) is 18.2 Å². The largest absolute Gasteiger partial charge is 0.326 e. The van der Waals surface area contributed by atoms with Crippen LogP contribution in [-0.2, 0) is 17.6 Å². The average molecular weight is 355 g/mol. The quantitative estimate of drug-likeness (QED) is 0.560. The molecule has 2 aromatic carbocycles. The number of hydrogen-bond donors (Lipinski definition) is 1. The van der Waals surface area contributed by atoms with Gasteiger partial charge in [-0.05, 0) is 54.4 Å². The highest BCUT2D eigenvalue weighted by molar-refractivity contribution is 5.92. The molecule has 2 heterocycles. The maximum atomic E-state index is 12.2. The number of carbonyl (C=O) groups excluding carboxylic acids is 1. The monoisotopic (exact) mass is 355 g/mol. The minimum absolute atomic E-state index is 0.0450. The molecule has 1 amide bonds. The third kappa shape index (κ3) is 3.60. The third-order valence-corrected chi connectivity index (χ3v) is 4.65. The molecule has 0 saturated carbocycles. The van der Waals surface area contributed by atoms with E-state index < -0.39 is 0 Å². The number of aryl methyl sites for hydroxylation is 1. The van der Waals surface area contributed by atoms with Crippen LogP contribution < -0.4 is 5.32 Å². The van der Waals surface area contributed by atoms with Crippen molar-refractivity contribution < 1.29 is 4.79 Å². The lowest BCUT2D eigenvalue weighted by atomic mass is 10.2. The molecule has 1 N–H and O–H groups in total. The Hall–Kier alpha value is -3.40. The molecule has 27 heavy (non-hydrogen) atoms. The predicted molar refractivity (Wildman–Crippen MR) is 109 cm³/mol. The van der Waals surface area contributed by atoms with E-state index in [1.807, 2.05) is 36.4 Å². The molecule has 4 rings (SSSR count). The van der Waals surface area contributed by atoms with Crippen molar-refractivity contribution in [3.05, 3.63) is 90.4 Å². The maximum Gasteiger partial charge on any atom is 0.228 e. The van der Waals surface area contributed by atoms with Gasteiger partial charge in [0.05, 0.1) is 11.9 Å². The number of rotatable bonds is 5. The topological polar surface area (TPSA) is 46.9 Å². The van der Waals surface area contributed by atoms with Crippen molar-refractivity contribution in [2.45, 2.75) is 19.8 Å². The van der Waals surface area contributed by atoms with E-state index in [2.05, 4.69) is 52.1 Å².